The SMILES string of the molecule is Cc1ccn(CC(CO)(NC(C)C)C2CC2)n1. The summed E-state index contributed by atoms with van der Waals surface area (Å²) in [5, 5.41) is 17.8. The van der Waals surface area contributed by atoms with E-state index < -0.39 is 0 Å². The molecule has 17 heavy (non-hydrogen) atoms. The fourth-order valence-corrected chi connectivity index (χ4v) is 2.57. The third-order valence-corrected chi connectivity index (χ3v) is 3.44. The highest BCUT2D eigenvalue weighted by atomic mass is 16.3. The zero-order valence-electron chi connectivity index (χ0n) is 11.0. The molecule has 1 heterocycles. The van der Waals surface area contributed by atoms with Crippen molar-refractivity contribution in [2.75, 3.05) is 6.61 Å². The Balaban J connectivity index is 2.14. The molecule has 1 unspecified atom stereocenters. The van der Waals surface area contributed by atoms with Gasteiger partial charge in [-0.2, -0.15) is 5.10 Å². The average molecular weight is 237 g/mol. The molecule has 4 heteroatoms. The third kappa shape index (κ3) is 2.87. The van der Waals surface area contributed by atoms with Crippen LogP contribution in [-0.2, 0) is 6.54 Å². The Morgan fingerprint density at radius 2 is 2.29 bits per heavy atom. The molecular weight excluding hydrogens is 214 g/mol. The van der Waals surface area contributed by atoms with E-state index in [4.69, 9.17) is 0 Å². The minimum absolute atomic E-state index is 0.175. The van der Waals surface area contributed by atoms with Gasteiger partial charge in [0.05, 0.1) is 24.4 Å². The molecule has 0 radical (unpaired) electrons. The molecule has 0 amide bonds. The summed E-state index contributed by atoms with van der Waals surface area (Å²) in [6.45, 7) is 7.17. The highest BCUT2D eigenvalue weighted by Crippen LogP contribution is 2.40. The number of aryl methyl sites for hydroxylation is 1. The van der Waals surface area contributed by atoms with E-state index in [1.54, 1.807) is 0 Å². The van der Waals surface area contributed by atoms with Crippen LogP contribution in [0.2, 0.25) is 0 Å². The second-order valence-corrected chi connectivity index (χ2v) is 5.54. The smallest absolute Gasteiger partial charge is 0.0643 e. The van der Waals surface area contributed by atoms with Crippen molar-refractivity contribution in [2.45, 2.75) is 51.7 Å². The van der Waals surface area contributed by atoms with Gasteiger partial charge in [0.2, 0.25) is 0 Å². The van der Waals surface area contributed by atoms with Crippen molar-refractivity contribution in [3.63, 3.8) is 0 Å². The number of aliphatic hydroxyl groups is 1. The van der Waals surface area contributed by atoms with Crippen molar-refractivity contribution in [3.8, 4) is 0 Å². The highest BCUT2D eigenvalue weighted by Gasteiger charge is 2.45. The van der Waals surface area contributed by atoms with Gasteiger partial charge in [0.1, 0.15) is 0 Å². The van der Waals surface area contributed by atoms with Crippen LogP contribution in [0.25, 0.3) is 0 Å². The minimum atomic E-state index is -0.202. The average Bonchev–Trinajstić information content (AvgIpc) is 3.03. The Morgan fingerprint density at radius 3 is 2.71 bits per heavy atom. The van der Waals surface area contributed by atoms with Gasteiger partial charge < -0.3 is 10.4 Å². The normalized spacial score (nSPS) is 19.6. The molecule has 1 aromatic heterocycles. The lowest BCUT2D eigenvalue weighted by Gasteiger charge is -2.35. The summed E-state index contributed by atoms with van der Waals surface area (Å²) in [5.41, 5.74) is 0.823. The summed E-state index contributed by atoms with van der Waals surface area (Å²) < 4.78 is 1.94. The molecule has 1 fully saturated rings. The van der Waals surface area contributed by atoms with Crippen LogP contribution in [-0.4, -0.2) is 33.1 Å². The van der Waals surface area contributed by atoms with Crippen LogP contribution in [0.3, 0.4) is 0 Å². The van der Waals surface area contributed by atoms with Crippen LogP contribution < -0.4 is 5.32 Å². The summed E-state index contributed by atoms with van der Waals surface area (Å²) in [5.74, 6) is 0.583. The van der Waals surface area contributed by atoms with Gasteiger partial charge in [-0.05, 0) is 31.7 Å². The van der Waals surface area contributed by atoms with Gasteiger partial charge >= 0.3 is 0 Å². The maximum atomic E-state index is 9.80. The second kappa shape index (κ2) is 4.78. The Kier molecular flexibility index (Phi) is 3.54. The van der Waals surface area contributed by atoms with Gasteiger partial charge in [0.25, 0.3) is 0 Å². The molecule has 0 aromatic carbocycles. The quantitative estimate of drug-likeness (QED) is 0.785. The van der Waals surface area contributed by atoms with Gasteiger partial charge in [-0.15, -0.1) is 0 Å². The zero-order chi connectivity index (χ0) is 12.5. The first-order valence-electron chi connectivity index (χ1n) is 6.44. The van der Waals surface area contributed by atoms with E-state index >= 15 is 0 Å². The van der Waals surface area contributed by atoms with Crippen molar-refractivity contribution in [2.24, 2.45) is 5.92 Å². The van der Waals surface area contributed by atoms with Crippen LogP contribution in [0, 0.1) is 12.8 Å². The molecular formula is C13H23N3O. The molecule has 1 aromatic rings. The highest BCUT2D eigenvalue weighted by molar-refractivity contribution is 5.03. The number of hydrogen-bond donors (Lipinski definition) is 2. The number of hydrogen-bond acceptors (Lipinski definition) is 3. The molecule has 0 bridgehead atoms. The van der Waals surface area contributed by atoms with Crippen molar-refractivity contribution in [1.29, 1.82) is 0 Å². The predicted molar refractivity (Wildman–Crippen MR) is 67.8 cm³/mol. The van der Waals surface area contributed by atoms with Crippen molar-refractivity contribution in [1.82, 2.24) is 15.1 Å². The molecule has 2 rings (SSSR count). The summed E-state index contributed by atoms with van der Waals surface area (Å²) >= 11 is 0. The fraction of sp³-hybridized carbons (Fsp3) is 0.769. The second-order valence-electron chi connectivity index (χ2n) is 5.54. The van der Waals surface area contributed by atoms with Crippen LogP contribution in [0.1, 0.15) is 32.4 Å². The number of rotatable bonds is 6. The molecule has 0 aliphatic heterocycles. The standard InChI is InChI=1S/C13H23N3O/c1-10(2)14-13(9-17,12-4-5-12)8-16-7-6-11(3)15-16/h6-7,10,12,14,17H,4-5,8-9H2,1-3H3. The van der Waals surface area contributed by atoms with Crippen molar-refractivity contribution >= 4 is 0 Å². The first-order valence-corrected chi connectivity index (χ1v) is 6.44. The molecule has 1 aliphatic rings. The van der Waals surface area contributed by atoms with Gasteiger partial charge in [-0.1, -0.05) is 13.8 Å². The van der Waals surface area contributed by atoms with Crippen molar-refractivity contribution in [3.05, 3.63) is 18.0 Å². The van der Waals surface area contributed by atoms with Gasteiger partial charge in [0, 0.05) is 12.2 Å². The summed E-state index contributed by atoms with van der Waals surface area (Å²) in [4.78, 5) is 0. The van der Waals surface area contributed by atoms with E-state index in [9.17, 15) is 5.11 Å². The van der Waals surface area contributed by atoms with Gasteiger partial charge in [-0.3, -0.25) is 4.68 Å². The van der Waals surface area contributed by atoms with E-state index in [2.05, 4.69) is 24.3 Å². The first-order chi connectivity index (χ1) is 8.05. The number of nitrogens with zero attached hydrogens (tertiary/aromatic N) is 2. The van der Waals surface area contributed by atoms with E-state index in [-0.39, 0.29) is 12.1 Å². The van der Waals surface area contributed by atoms with E-state index in [1.807, 2.05) is 23.9 Å². The van der Waals surface area contributed by atoms with Crippen LogP contribution in [0.5, 0.6) is 0 Å². The largest absolute Gasteiger partial charge is 0.394 e. The Hall–Kier alpha value is -0.870. The Morgan fingerprint density at radius 1 is 1.59 bits per heavy atom. The lowest BCUT2D eigenvalue weighted by molar-refractivity contribution is 0.109. The summed E-state index contributed by atoms with van der Waals surface area (Å²) in [7, 11) is 0. The zero-order valence-corrected chi connectivity index (χ0v) is 11.0. The number of nitrogens with one attached hydrogen (secondary N) is 1. The molecule has 4 nitrogen and oxygen atoms in total. The first kappa shape index (κ1) is 12.6. The maximum absolute atomic E-state index is 9.80. The molecule has 1 atom stereocenters. The molecule has 2 N–H and O–H groups in total. The van der Waals surface area contributed by atoms with E-state index in [1.165, 1.54) is 12.8 Å². The lowest BCUT2D eigenvalue weighted by atomic mass is 9.93. The third-order valence-electron chi connectivity index (χ3n) is 3.44. The van der Waals surface area contributed by atoms with Gasteiger partial charge in [0.15, 0.2) is 0 Å². The van der Waals surface area contributed by atoms with E-state index in [0.29, 0.717) is 12.0 Å². The van der Waals surface area contributed by atoms with Gasteiger partial charge in [-0.25, -0.2) is 0 Å². The van der Waals surface area contributed by atoms with E-state index in [0.717, 1.165) is 12.2 Å². The monoisotopic (exact) mass is 237 g/mol. The molecule has 1 aliphatic carbocycles. The summed E-state index contributed by atoms with van der Waals surface area (Å²) in [6.07, 6.45) is 4.41. The Labute approximate surface area is 103 Å². The summed E-state index contributed by atoms with van der Waals surface area (Å²) in [6, 6.07) is 2.38. The Bertz CT molecular complexity index is 370. The lowest BCUT2D eigenvalue weighted by Crippen LogP contribution is -2.56. The molecule has 96 valence electrons. The van der Waals surface area contributed by atoms with Crippen molar-refractivity contribution < 1.29 is 5.11 Å². The fourth-order valence-electron chi connectivity index (χ4n) is 2.57. The van der Waals surface area contributed by atoms with Crippen LogP contribution in [0.15, 0.2) is 12.3 Å². The topological polar surface area (TPSA) is 50.1 Å². The minimum Gasteiger partial charge on any atom is -0.394 e. The maximum Gasteiger partial charge on any atom is 0.0643 e. The molecule has 1 saturated carbocycles. The van der Waals surface area contributed by atoms with Crippen LogP contribution in [0.4, 0.5) is 0 Å². The predicted octanol–water partition coefficient (Wildman–Crippen LogP) is 1.33. The molecule has 0 saturated heterocycles. The van der Waals surface area contributed by atoms with Crippen LogP contribution >= 0.6 is 0 Å². The molecule has 0 spiro atoms. The number of aromatic nitrogens is 2. The number of aliphatic hydroxyl groups excluding tert-OH is 1.